The van der Waals surface area contributed by atoms with Gasteiger partial charge in [0.1, 0.15) is 12.1 Å². The summed E-state index contributed by atoms with van der Waals surface area (Å²) in [6.45, 7) is 2.30. The smallest absolute Gasteiger partial charge is 0.328 e. The maximum absolute atomic E-state index is 13.0. The van der Waals surface area contributed by atoms with Crippen LogP contribution in [0.5, 0.6) is 0 Å². The molecule has 0 unspecified atom stereocenters. The van der Waals surface area contributed by atoms with Gasteiger partial charge in [-0.15, -0.1) is 0 Å². The van der Waals surface area contributed by atoms with E-state index in [9.17, 15) is 14.4 Å². The number of likely N-dealkylation sites (tertiary alicyclic amines) is 1. The van der Waals surface area contributed by atoms with Gasteiger partial charge in [0.05, 0.1) is 6.61 Å². The second kappa shape index (κ2) is 9.91. The highest BCUT2D eigenvalue weighted by molar-refractivity contribution is 5.93. The first-order chi connectivity index (χ1) is 14.5. The summed E-state index contributed by atoms with van der Waals surface area (Å²) >= 11 is 0. The minimum absolute atomic E-state index is 0.0646. The summed E-state index contributed by atoms with van der Waals surface area (Å²) < 4.78 is 5.15. The average molecular weight is 409 g/mol. The first kappa shape index (κ1) is 21.4. The van der Waals surface area contributed by atoms with Gasteiger partial charge in [-0.25, -0.2) is 4.79 Å². The van der Waals surface area contributed by atoms with Gasteiger partial charge in [0.2, 0.25) is 11.8 Å². The lowest BCUT2D eigenvalue weighted by atomic mass is 10.0. The number of benzene rings is 2. The molecule has 158 valence electrons. The topological polar surface area (TPSA) is 102 Å². The number of esters is 1. The van der Waals surface area contributed by atoms with Crippen molar-refractivity contribution in [2.75, 3.05) is 12.3 Å². The normalized spacial score (nSPS) is 16.9. The summed E-state index contributed by atoms with van der Waals surface area (Å²) in [5.41, 5.74) is 8.15. The second-order valence-corrected chi connectivity index (χ2v) is 7.32. The van der Waals surface area contributed by atoms with Gasteiger partial charge < -0.3 is 20.7 Å². The highest BCUT2D eigenvalue weighted by Gasteiger charge is 2.37. The van der Waals surface area contributed by atoms with Crippen molar-refractivity contribution >= 4 is 23.5 Å². The van der Waals surface area contributed by atoms with Crippen LogP contribution < -0.4 is 11.1 Å². The lowest BCUT2D eigenvalue weighted by molar-refractivity contribution is -0.148. The Hall–Kier alpha value is -3.35. The minimum Gasteiger partial charge on any atom is -0.464 e. The lowest BCUT2D eigenvalue weighted by Crippen LogP contribution is -2.51. The van der Waals surface area contributed by atoms with Gasteiger partial charge in [0.25, 0.3) is 0 Å². The van der Waals surface area contributed by atoms with Crippen LogP contribution in [0.4, 0.5) is 5.69 Å². The molecule has 1 saturated heterocycles. The molecular formula is C23H27N3O4. The van der Waals surface area contributed by atoms with E-state index in [4.69, 9.17) is 10.5 Å². The number of nitrogens with zero attached hydrogens (tertiary/aromatic N) is 1. The number of amides is 2. The molecule has 2 atom stereocenters. The molecule has 1 aliphatic rings. The summed E-state index contributed by atoms with van der Waals surface area (Å²) in [7, 11) is 0. The number of anilines is 1. The van der Waals surface area contributed by atoms with Crippen LogP contribution in [0.2, 0.25) is 0 Å². The van der Waals surface area contributed by atoms with Crippen molar-refractivity contribution in [1.82, 2.24) is 10.2 Å². The van der Waals surface area contributed by atoms with Crippen molar-refractivity contribution in [2.45, 2.75) is 44.8 Å². The highest BCUT2D eigenvalue weighted by atomic mass is 16.5. The molecule has 1 heterocycles. The van der Waals surface area contributed by atoms with Crippen LogP contribution in [-0.2, 0) is 32.1 Å². The quantitative estimate of drug-likeness (QED) is 0.513. The number of hydrogen-bond donors (Lipinski definition) is 2. The fourth-order valence-corrected chi connectivity index (χ4v) is 3.58. The Morgan fingerprint density at radius 2 is 1.83 bits per heavy atom. The second-order valence-electron chi connectivity index (χ2n) is 7.32. The third kappa shape index (κ3) is 5.37. The molecule has 0 spiro atoms. The van der Waals surface area contributed by atoms with E-state index in [1.165, 1.54) is 0 Å². The SMILES string of the molecule is CCOC(=O)[C@H](Cc1ccc(N)cc1)NC(=O)[C@@H]1CCC(=O)N1Cc1ccccc1. The largest absolute Gasteiger partial charge is 0.464 e. The first-order valence-electron chi connectivity index (χ1n) is 10.1. The fourth-order valence-electron chi connectivity index (χ4n) is 3.58. The van der Waals surface area contributed by atoms with Crippen LogP contribution in [-0.4, -0.2) is 41.4 Å². The van der Waals surface area contributed by atoms with Crippen LogP contribution in [0.1, 0.15) is 30.9 Å². The average Bonchev–Trinajstić information content (AvgIpc) is 3.10. The predicted molar refractivity (Wildman–Crippen MR) is 113 cm³/mol. The maximum atomic E-state index is 13.0. The number of ether oxygens (including phenoxy) is 1. The van der Waals surface area contributed by atoms with E-state index < -0.39 is 18.1 Å². The molecule has 2 aromatic rings. The molecular weight excluding hydrogens is 382 g/mol. The van der Waals surface area contributed by atoms with Crippen LogP contribution in [0.25, 0.3) is 0 Å². The van der Waals surface area contributed by atoms with Crippen molar-refractivity contribution in [3.05, 3.63) is 65.7 Å². The van der Waals surface area contributed by atoms with Gasteiger partial charge in [-0.3, -0.25) is 9.59 Å². The summed E-state index contributed by atoms with van der Waals surface area (Å²) in [6.07, 6.45) is 1.02. The molecule has 2 amide bonds. The van der Waals surface area contributed by atoms with E-state index in [1.54, 1.807) is 24.0 Å². The minimum atomic E-state index is -0.838. The van der Waals surface area contributed by atoms with Gasteiger partial charge in [-0.1, -0.05) is 42.5 Å². The maximum Gasteiger partial charge on any atom is 0.328 e. The monoisotopic (exact) mass is 409 g/mol. The lowest BCUT2D eigenvalue weighted by Gasteiger charge is -2.26. The molecule has 2 aromatic carbocycles. The standard InChI is InChI=1S/C23H27N3O4/c1-2-30-23(29)19(14-16-8-10-18(24)11-9-16)25-22(28)20-12-13-21(27)26(20)15-17-6-4-3-5-7-17/h3-11,19-20H,2,12-15,24H2,1H3,(H,25,28)/t19-,20-/m0/s1. The third-order valence-corrected chi connectivity index (χ3v) is 5.13. The number of nitrogen functional groups attached to an aromatic ring is 1. The Morgan fingerprint density at radius 1 is 1.13 bits per heavy atom. The van der Waals surface area contributed by atoms with Crippen molar-refractivity contribution in [1.29, 1.82) is 0 Å². The van der Waals surface area contributed by atoms with E-state index in [2.05, 4.69) is 5.32 Å². The fraction of sp³-hybridized carbons (Fsp3) is 0.348. The first-order valence-corrected chi connectivity index (χ1v) is 10.1. The number of carbonyl (C=O) groups excluding carboxylic acids is 3. The summed E-state index contributed by atoms with van der Waals surface area (Å²) in [5, 5.41) is 2.80. The molecule has 0 aromatic heterocycles. The molecule has 3 rings (SSSR count). The van der Waals surface area contributed by atoms with Gasteiger partial charge in [-0.2, -0.15) is 0 Å². The third-order valence-electron chi connectivity index (χ3n) is 5.13. The zero-order chi connectivity index (χ0) is 21.5. The molecule has 0 radical (unpaired) electrons. The molecule has 3 N–H and O–H groups in total. The number of carbonyl (C=O) groups is 3. The summed E-state index contributed by atoms with van der Waals surface area (Å²) in [5.74, 6) is -0.905. The van der Waals surface area contributed by atoms with Crippen LogP contribution in [0.15, 0.2) is 54.6 Å². The van der Waals surface area contributed by atoms with Crippen molar-refractivity contribution in [3.8, 4) is 0 Å². The molecule has 1 fully saturated rings. The zero-order valence-electron chi connectivity index (χ0n) is 17.0. The molecule has 0 bridgehead atoms. The molecule has 0 aliphatic carbocycles. The van der Waals surface area contributed by atoms with Crippen molar-refractivity contribution < 1.29 is 19.1 Å². The van der Waals surface area contributed by atoms with E-state index in [0.29, 0.717) is 25.1 Å². The Bertz CT molecular complexity index is 883. The highest BCUT2D eigenvalue weighted by Crippen LogP contribution is 2.22. The van der Waals surface area contributed by atoms with E-state index in [0.717, 1.165) is 11.1 Å². The van der Waals surface area contributed by atoms with Gasteiger partial charge in [0.15, 0.2) is 0 Å². The Labute approximate surface area is 176 Å². The molecule has 7 nitrogen and oxygen atoms in total. The van der Waals surface area contributed by atoms with Crippen LogP contribution in [0.3, 0.4) is 0 Å². The Kier molecular flexibility index (Phi) is 7.06. The number of rotatable bonds is 8. The van der Waals surface area contributed by atoms with E-state index >= 15 is 0 Å². The van der Waals surface area contributed by atoms with Gasteiger partial charge in [-0.05, 0) is 36.6 Å². The van der Waals surface area contributed by atoms with E-state index in [-0.39, 0.29) is 24.8 Å². The van der Waals surface area contributed by atoms with Gasteiger partial charge >= 0.3 is 5.97 Å². The van der Waals surface area contributed by atoms with Gasteiger partial charge in [0, 0.05) is 25.1 Å². The number of hydrogen-bond acceptors (Lipinski definition) is 5. The molecule has 7 heteroatoms. The summed E-state index contributed by atoms with van der Waals surface area (Å²) in [4.78, 5) is 39.4. The summed E-state index contributed by atoms with van der Waals surface area (Å²) in [6, 6.07) is 15.2. The zero-order valence-corrected chi connectivity index (χ0v) is 17.0. The predicted octanol–water partition coefficient (Wildman–Crippen LogP) is 2.05. The van der Waals surface area contributed by atoms with Crippen molar-refractivity contribution in [2.24, 2.45) is 0 Å². The van der Waals surface area contributed by atoms with E-state index in [1.807, 2.05) is 42.5 Å². The number of nitrogens with two attached hydrogens (primary N) is 1. The van der Waals surface area contributed by atoms with Crippen LogP contribution in [0, 0.1) is 0 Å². The Morgan fingerprint density at radius 3 is 2.50 bits per heavy atom. The molecule has 30 heavy (non-hydrogen) atoms. The molecule has 1 aliphatic heterocycles. The number of nitrogens with one attached hydrogen (secondary N) is 1. The molecule has 0 saturated carbocycles. The van der Waals surface area contributed by atoms with Crippen LogP contribution >= 0.6 is 0 Å². The Balaban J connectivity index is 1.72. The van der Waals surface area contributed by atoms with Crippen molar-refractivity contribution in [3.63, 3.8) is 0 Å².